The molecule has 0 saturated heterocycles. The summed E-state index contributed by atoms with van der Waals surface area (Å²) in [7, 11) is -3.38. The highest BCUT2D eigenvalue weighted by Gasteiger charge is 2.33. The summed E-state index contributed by atoms with van der Waals surface area (Å²) < 4.78 is 24.3. The first-order valence-corrected chi connectivity index (χ1v) is 14.9. The fourth-order valence-corrected chi connectivity index (χ4v) is 5.90. The third-order valence-corrected chi connectivity index (χ3v) is 10.4. The van der Waals surface area contributed by atoms with Gasteiger partial charge in [-0.15, -0.1) is 11.3 Å². The largest absolute Gasteiger partial charge is 0.383 e. The molecule has 0 saturated carbocycles. The highest BCUT2D eigenvalue weighted by atomic mass is 32.2. The molecule has 194 valence electrons. The van der Waals surface area contributed by atoms with Crippen LogP contribution in [0.3, 0.4) is 0 Å². The Morgan fingerprint density at radius 2 is 1.58 bits per heavy atom. The van der Waals surface area contributed by atoms with Gasteiger partial charge in [-0.05, 0) is 69.2 Å². The Hall–Kier alpha value is -3.46. The number of thiazole rings is 1. The number of nitrogens with zero attached hydrogens (tertiary/aromatic N) is 3. The summed E-state index contributed by atoms with van der Waals surface area (Å²) in [5.74, 6) is 0. The monoisotopic (exact) mass is 543 g/mol. The van der Waals surface area contributed by atoms with Gasteiger partial charge < -0.3 is 5.11 Å². The Morgan fingerprint density at radius 1 is 0.868 bits per heavy atom. The van der Waals surface area contributed by atoms with Crippen molar-refractivity contribution in [2.24, 2.45) is 0 Å². The maximum Gasteiger partial charge on any atom is 0.156 e. The lowest BCUT2D eigenvalue weighted by Crippen LogP contribution is -2.28. The maximum atomic E-state index is 12.7. The molecule has 0 aliphatic rings. The highest BCUT2D eigenvalue weighted by molar-refractivity contribution is 7.91. The Kier molecular flexibility index (Phi) is 6.46. The smallest absolute Gasteiger partial charge is 0.156 e. The van der Waals surface area contributed by atoms with E-state index in [2.05, 4.69) is 9.97 Å². The molecule has 6 nitrogen and oxygen atoms in total. The average Bonchev–Trinajstić information content (AvgIpc) is 3.34. The van der Waals surface area contributed by atoms with Crippen LogP contribution in [0.15, 0.2) is 79.3 Å². The number of pyridine rings is 2. The van der Waals surface area contributed by atoms with Gasteiger partial charge >= 0.3 is 0 Å². The molecular formula is C30H29N3O3S2. The summed E-state index contributed by atoms with van der Waals surface area (Å²) in [6, 6.07) is 19.5. The van der Waals surface area contributed by atoms with Gasteiger partial charge in [0.15, 0.2) is 9.84 Å². The van der Waals surface area contributed by atoms with E-state index in [1.165, 1.54) is 17.6 Å². The normalized spacial score (nSPS) is 12.7. The molecule has 0 amide bonds. The van der Waals surface area contributed by atoms with Gasteiger partial charge in [0.05, 0.1) is 20.8 Å². The zero-order valence-electron chi connectivity index (χ0n) is 21.9. The quantitative estimate of drug-likeness (QED) is 0.260. The Bertz CT molecular complexity index is 1750. The second kappa shape index (κ2) is 9.38. The molecule has 2 aromatic carbocycles. The highest BCUT2D eigenvalue weighted by Crippen LogP contribution is 2.42. The van der Waals surface area contributed by atoms with Crippen LogP contribution in [0.1, 0.15) is 38.3 Å². The van der Waals surface area contributed by atoms with Gasteiger partial charge in [0, 0.05) is 46.9 Å². The Labute approximate surface area is 227 Å². The van der Waals surface area contributed by atoms with Crippen LogP contribution in [-0.2, 0) is 20.2 Å². The number of rotatable bonds is 6. The number of hydrogen-bond donors (Lipinski definition) is 1. The molecule has 0 radical (unpaired) electrons. The lowest BCUT2D eigenvalue weighted by Gasteiger charge is -2.24. The Morgan fingerprint density at radius 3 is 2.26 bits per heavy atom. The predicted molar refractivity (Wildman–Crippen MR) is 155 cm³/mol. The van der Waals surface area contributed by atoms with Crippen molar-refractivity contribution in [1.82, 2.24) is 15.0 Å². The molecule has 0 aliphatic carbocycles. The Balaban J connectivity index is 1.73. The van der Waals surface area contributed by atoms with E-state index in [1.54, 1.807) is 46.3 Å². The molecule has 3 heterocycles. The van der Waals surface area contributed by atoms with Crippen LogP contribution < -0.4 is 0 Å². The van der Waals surface area contributed by atoms with Gasteiger partial charge in [0.25, 0.3) is 0 Å². The molecule has 0 atom stereocenters. The third-order valence-electron chi connectivity index (χ3n) is 6.85. The molecule has 0 bridgehead atoms. The predicted octanol–water partition coefficient (Wildman–Crippen LogP) is 6.59. The zero-order chi connectivity index (χ0) is 27.3. The summed E-state index contributed by atoms with van der Waals surface area (Å²) in [6.45, 7) is 6.92. The van der Waals surface area contributed by atoms with Gasteiger partial charge in [-0.3, -0.25) is 9.97 Å². The van der Waals surface area contributed by atoms with Crippen molar-refractivity contribution in [2.75, 3.05) is 6.26 Å². The number of sulfone groups is 1. The first kappa shape index (κ1) is 26.2. The van der Waals surface area contributed by atoms with Crippen LogP contribution in [0.25, 0.3) is 43.7 Å². The second-order valence-corrected chi connectivity index (χ2v) is 14.0. The first-order valence-electron chi connectivity index (χ1n) is 12.2. The van der Waals surface area contributed by atoms with Crippen LogP contribution in [0.2, 0.25) is 0 Å². The summed E-state index contributed by atoms with van der Waals surface area (Å²) >= 11 is 1.45. The molecule has 3 aromatic heterocycles. The summed E-state index contributed by atoms with van der Waals surface area (Å²) in [4.78, 5) is 14.7. The van der Waals surface area contributed by atoms with E-state index < -0.39 is 20.2 Å². The topological polar surface area (TPSA) is 93.0 Å². The molecule has 0 fully saturated rings. The standard InChI is InChI=1S/C30H29N3O3S2/c1-29(2,34)28-33-26(27(37-28)22-12-7-13-31-18-22)20-10-6-9-19(15-20)24-17-23(30(3,4)38(5,35)36)16-21-11-8-14-32-25(21)24/h6-18,34H,1-5H3. The van der Waals surface area contributed by atoms with Gasteiger partial charge in [0.2, 0.25) is 0 Å². The van der Waals surface area contributed by atoms with Gasteiger partial charge in [-0.1, -0.05) is 30.3 Å². The number of aliphatic hydroxyl groups is 1. The SMILES string of the molecule is CC(C)(O)c1nc(-c2cccc(-c3cc(C(C)(C)S(C)(=O)=O)cc4cccnc34)c2)c(-c2cccnc2)s1. The average molecular weight is 544 g/mol. The van der Waals surface area contributed by atoms with Crippen molar-refractivity contribution in [2.45, 2.75) is 38.0 Å². The molecule has 1 N–H and O–H groups in total. The molecule has 0 aliphatic heterocycles. The van der Waals surface area contributed by atoms with Crippen LogP contribution >= 0.6 is 11.3 Å². The van der Waals surface area contributed by atoms with Crippen molar-refractivity contribution >= 4 is 32.1 Å². The molecule has 0 spiro atoms. The van der Waals surface area contributed by atoms with Crippen LogP contribution in [0.5, 0.6) is 0 Å². The van der Waals surface area contributed by atoms with Crippen LogP contribution in [0, 0.1) is 0 Å². The van der Waals surface area contributed by atoms with Crippen molar-refractivity contribution in [3.63, 3.8) is 0 Å². The van der Waals surface area contributed by atoms with Crippen molar-refractivity contribution in [3.8, 4) is 32.8 Å². The van der Waals surface area contributed by atoms with Crippen molar-refractivity contribution < 1.29 is 13.5 Å². The zero-order valence-corrected chi connectivity index (χ0v) is 23.6. The van der Waals surface area contributed by atoms with E-state index in [9.17, 15) is 13.5 Å². The fourth-order valence-electron chi connectivity index (χ4n) is 4.28. The van der Waals surface area contributed by atoms with E-state index in [0.717, 1.165) is 43.7 Å². The number of hydrogen-bond acceptors (Lipinski definition) is 7. The fraction of sp³-hybridized carbons (Fsp3) is 0.233. The minimum absolute atomic E-state index is 0.612. The molecule has 38 heavy (non-hydrogen) atoms. The van der Waals surface area contributed by atoms with Crippen LogP contribution in [-0.4, -0.2) is 34.7 Å². The van der Waals surface area contributed by atoms with E-state index in [1.807, 2.05) is 60.7 Å². The van der Waals surface area contributed by atoms with Crippen LogP contribution in [0.4, 0.5) is 0 Å². The van der Waals surface area contributed by atoms with E-state index in [4.69, 9.17) is 4.98 Å². The van der Waals surface area contributed by atoms with E-state index in [0.29, 0.717) is 10.6 Å². The molecule has 0 unspecified atom stereocenters. The van der Waals surface area contributed by atoms with Crippen molar-refractivity contribution in [1.29, 1.82) is 0 Å². The molecule has 5 rings (SSSR count). The number of aromatic nitrogens is 3. The lowest BCUT2D eigenvalue weighted by molar-refractivity contribution is 0.0783. The summed E-state index contributed by atoms with van der Waals surface area (Å²) in [6.07, 6.45) is 6.53. The minimum Gasteiger partial charge on any atom is -0.383 e. The maximum absolute atomic E-state index is 12.7. The second-order valence-electron chi connectivity index (χ2n) is 10.5. The molecule has 5 aromatic rings. The van der Waals surface area contributed by atoms with Crippen molar-refractivity contribution in [3.05, 3.63) is 89.8 Å². The molecule has 8 heteroatoms. The van der Waals surface area contributed by atoms with E-state index >= 15 is 0 Å². The third kappa shape index (κ3) is 4.75. The van der Waals surface area contributed by atoms with Gasteiger partial charge in [-0.2, -0.15) is 0 Å². The van der Waals surface area contributed by atoms with E-state index in [-0.39, 0.29) is 0 Å². The minimum atomic E-state index is -3.38. The number of benzene rings is 2. The van der Waals surface area contributed by atoms with Gasteiger partial charge in [-0.25, -0.2) is 13.4 Å². The summed E-state index contributed by atoms with van der Waals surface area (Å²) in [5.41, 5.74) is 4.70. The molecular weight excluding hydrogens is 514 g/mol. The number of fused-ring (bicyclic) bond motifs is 1. The lowest BCUT2D eigenvalue weighted by atomic mass is 9.92. The first-order chi connectivity index (χ1) is 17.9. The summed E-state index contributed by atoms with van der Waals surface area (Å²) in [5, 5.41) is 12.2. The van der Waals surface area contributed by atoms with Gasteiger partial charge in [0.1, 0.15) is 10.6 Å².